The van der Waals surface area contributed by atoms with Crippen molar-refractivity contribution in [3.63, 3.8) is 0 Å². The SMILES string of the molecule is CCNCc1cnc(C)n1Cc1cnn(C)c1. The molecule has 2 aromatic heterocycles. The average molecular weight is 233 g/mol. The summed E-state index contributed by atoms with van der Waals surface area (Å²) >= 11 is 0. The van der Waals surface area contributed by atoms with Crippen LogP contribution < -0.4 is 5.32 Å². The van der Waals surface area contributed by atoms with E-state index in [4.69, 9.17) is 0 Å². The van der Waals surface area contributed by atoms with Crippen molar-refractivity contribution in [3.05, 3.63) is 35.7 Å². The Kier molecular flexibility index (Phi) is 3.58. The minimum Gasteiger partial charge on any atom is -0.326 e. The molecule has 1 N–H and O–H groups in total. The lowest BCUT2D eigenvalue weighted by Crippen LogP contribution is -2.16. The maximum atomic E-state index is 4.37. The van der Waals surface area contributed by atoms with Crippen LogP contribution in [-0.4, -0.2) is 25.9 Å². The van der Waals surface area contributed by atoms with Crippen LogP contribution in [0.25, 0.3) is 0 Å². The summed E-state index contributed by atoms with van der Waals surface area (Å²) < 4.78 is 4.05. The second kappa shape index (κ2) is 5.14. The van der Waals surface area contributed by atoms with Crippen molar-refractivity contribution in [1.82, 2.24) is 24.6 Å². The summed E-state index contributed by atoms with van der Waals surface area (Å²) in [5.74, 6) is 1.04. The summed E-state index contributed by atoms with van der Waals surface area (Å²) in [5, 5.41) is 7.51. The van der Waals surface area contributed by atoms with E-state index < -0.39 is 0 Å². The summed E-state index contributed by atoms with van der Waals surface area (Å²) in [5.41, 5.74) is 2.42. The van der Waals surface area contributed by atoms with Gasteiger partial charge in [0.1, 0.15) is 5.82 Å². The van der Waals surface area contributed by atoms with Gasteiger partial charge in [-0.2, -0.15) is 5.10 Å². The van der Waals surface area contributed by atoms with Gasteiger partial charge in [0.25, 0.3) is 0 Å². The molecule has 0 aliphatic carbocycles. The molecule has 2 aromatic rings. The quantitative estimate of drug-likeness (QED) is 0.840. The standard InChI is InChI=1S/C12H19N5/c1-4-13-6-12-7-14-10(2)17(12)9-11-5-15-16(3)8-11/h5,7-8,13H,4,6,9H2,1-3H3. The van der Waals surface area contributed by atoms with Gasteiger partial charge in [-0.3, -0.25) is 4.68 Å². The highest BCUT2D eigenvalue weighted by atomic mass is 15.2. The third-order valence-corrected chi connectivity index (χ3v) is 2.79. The second-order valence-electron chi connectivity index (χ2n) is 4.19. The first-order valence-corrected chi connectivity index (χ1v) is 5.90. The molecule has 0 aliphatic rings. The van der Waals surface area contributed by atoms with E-state index in [0.29, 0.717) is 0 Å². The van der Waals surface area contributed by atoms with Crippen LogP contribution in [0.4, 0.5) is 0 Å². The van der Waals surface area contributed by atoms with Crippen LogP contribution in [0.5, 0.6) is 0 Å². The molecule has 2 rings (SSSR count). The lowest BCUT2D eigenvalue weighted by atomic mass is 10.3. The number of nitrogens with zero attached hydrogens (tertiary/aromatic N) is 4. The monoisotopic (exact) mass is 233 g/mol. The van der Waals surface area contributed by atoms with Crippen molar-refractivity contribution in [3.8, 4) is 0 Å². The molecule has 0 radical (unpaired) electrons. The summed E-state index contributed by atoms with van der Waals surface area (Å²) in [6.45, 7) is 6.80. The Hall–Kier alpha value is -1.62. The van der Waals surface area contributed by atoms with Crippen molar-refractivity contribution >= 4 is 0 Å². The van der Waals surface area contributed by atoms with E-state index in [1.807, 2.05) is 37.2 Å². The zero-order valence-electron chi connectivity index (χ0n) is 10.6. The fourth-order valence-electron chi connectivity index (χ4n) is 1.86. The maximum Gasteiger partial charge on any atom is 0.106 e. The van der Waals surface area contributed by atoms with Gasteiger partial charge in [0.05, 0.1) is 18.4 Å². The molecule has 5 nitrogen and oxygen atoms in total. The molecule has 0 aliphatic heterocycles. The molecule has 0 atom stereocenters. The molecule has 0 fully saturated rings. The van der Waals surface area contributed by atoms with Gasteiger partial charge in [-0.25, -0.2) is 4.98 Å². The number of rotatable bonds is 5. The molecule has 0 bridgehead atoms. The van der Waals surface area contributed by atoms with Crippen molar-refractivity contribution in [2.75, 3.05) is 6.54 Å². The van der Waals surface area contributed by atoms with Crippen LogP contribution in [0, 0.1) is 6.92 Å². The average Bonchev–Trinajstić information content (AvgIpc) is 2.86. The first kappa shape index (κ1) is 11.9. The van der Waals surface area contributed by atoms with E-state index in [-0.39, 0.29) is 0 Å². The Bertz CT molecular complexity index is 483. The molecule has 0 saturated heterocycles. The van der Waals surface area contributed by atoms with Gasteiger partial charge >= 0.3 is 0 Å². The second-order valence-corrected chi connectivity index (χ2v) is 4.19. The van der Waals surface area contributed by atoms with E-state index in [1.54, 1.807) is 0 Å². The van der Waals surface area contributed by atoms with Crippen LogP contribution in [0.15, 0.2) is 18.6 Å². The van der Waals surface area contributed by atoms with Crippen molar-refractivity contribution in [2.45, 2.75) is 26.9 Å². The first-order valence-electron chi connectivity index (χ1n) is 5.90. The highest BCUT2D eigenvalue weighted by Crippen LogP contribution is 2.09. The molecule has 92 valence electrons. The van der Waals surface area contributed by atoms with E-state index >= 15 is 0 Å². The lowest BCUT2D eigenvalue weighted by molar-refractivity contribution is 0.646. The number of hydrogen-bond acceptors (Lipinski definition) is 3. The van der Waals surface area contributed by atoms with E-state index in [2.05, 4.69) is 26.9 Å². The molecule has 2 heterocycles. The van der Waals surface area contributed by atoms with Gasteiger partial charge in [0, 0.05) is 31.5 Å². The molecular formula is C12H19N5. The largest absolute Gasteiger partial charge is 0.326 e. The van der Waals surface area contributed by atoms with Crippen LogP contribution >= 0.6 is 0 Å². The first-order chi connectivity index (χ1) is 8.20. The molecule has 0 unspecified atom stereocenters. The number of imidazole rings is 1. The number of aromatic nitrogens is 4. The fraction of sp³-hybridized carbons (Fsp3) is 0.500. The van der Waals surface area contributed by atoms with Gasteiger partial charge < -0.3 is 9.88 Å². The van der Waals surface area contributed by atoms with Gasteiger partial charge in [-0.1, -0.05) is 6.92 Å². The predicted molar refractivity (Wildman–Crippen MR) is 66.7 cm³/mol. The summed E-state index contributed by atoms with van der Waals surface area (Å²) in [7, 11) is 1.93. The lowest BCUT2D eigenvalue weighted by Gasteiger charge is -2.09. The van der Waals surface area contributed by atoms with Crippen LogP contribution in [0.3, 0.4) is 0 Å². The summed E-state index contributed by atoms with van der Waals surface area (Å²) in [4.78, 5) is 4.37. The zero-order valence-corrected chi connectivity index (χ0v) is 10.6. The van der Waals surface area contributed by atoms with Crippen molar-refractivity contribution in [1.29, 1.82) is 0 Å². The van der Waals surface area contributed by atoms with Gasteiger partial charge in [-0.15, -0.1) is 0 Å². The third kappa shape index (κ3) is 2.74. The molecular weight excluding hydrogens is 214 g/mol. The smallest absolute Gasteiger partial charge is 0.106 e. The number of hydrogen-bond donors (Lipinski definition) is 1. The van der Waals surface area contributed by atoms with Gasteiger partial charge in [-0.05, 0) is 13.5 Å². The zero-order chi connectivity index (χ0) is 12.3. The van der Waals surface area contributed by atoms with E-state index in [0.717, 1.165) is 25.5 Å². The van der Waals surface area contributed by atoms with Crippen molar-refractivity contribution in [2.24, 2.45) is 7.05 Å². The fourth-order valence-corrected chi connectivity index (χ4v) is 1.86. The Morgan fingerprint density at radius 2 is 2.18 bits per heavy atom. The molecule has 17 heavy (non-hydrogen) atoms. The Balaban J connectivity index is 2.16. The molecule has 0 saturated carbocycles. The molecule has 0 spiro atoms. The Morgan fingerprint density at radius 1 is 1.35 bits per heavy atom. The predicted octanol–water partition coefficient (Wildman–Crippen LogP) is 1.08. The van der Waals surface area contributed by atoms with E-state index in [1.165, 1.54) is 11.3 Å². The van der Waals surface area contributed by atoms with Crippen molar-refractivity contribution < 1.29 is 0 Å². The minimum absolute atomic E-state index is 0.834. The van der Waals surface area contributed by atoms with Gasteiger partial charge in [0.2, 0.25) is 0 Å². The topological polar surface area (TPSA) is 47.7 Å². The minimum atomic E-state index is 0.834. The maximum absolute atomic E-state index is 4.37. The van der Waals surface area contributed by atoms with E-state index in [9.17, 15) is 0 Å². The van der Waals surface area contributed by atoms with Crippen LogP contribution in [-0.2, 0) is 20.1 Å². The Morgan fingerprint density at radius 3 is 2.82 bits per heavy atom. The highest BCUT2D eigenvalue weighted by Gasteiger charge is 2.07. The van der Waals surface area contributed by atoms with Gasteiger partial charge in [0.15, 0.2) is 0 Å². The Labute approximate surface area is 101 Å². The third-order valence-electron chi connectivity index (χ3n) is 2.79. The molecule has 0 aromatic carbocycles. The number of aryl methyl sites for hydroxylation is 2. The van der Waals surface area contributed by atoms with Crippen LogP contribution in [0.1, 0.15) is 24.0 Å². The normalized spacial score (nSPS) is 11.0. The molecule has 0 amide bonds. The number of nitrogens with one attached hydrogen (secondary N) is 1. The molecule has 5 heteroatoms. The highest BCUT2D eigenvalue weighted by molar-refractivity contribution is 5.11. The summed E-state index contributed by atoms with van der Waals surface area (Å²) in [6.07, 6.45) is 5.88. The summed E-state index contributed by atoms with van der Waals surface area (Å²) in [6, 6.07) is 0. The van der Waals surface area contributed by atoms with Crippen LogP contribution in [0.2, 0.25) is 0 Å².